The van der Waals surface area contributed by atoms with Crippen molar-refractivity contribution in [3.8, 4) is 0 Å². The van der Waals surface area contributed by atoms with Gasteiger partial charge < -0.3 is 11.5 Å². The zero-order valence-corrected chi connectivity index (χ0v) is 11.1. The van der Waals surface area contributed by atoms with Crippen LogP contribution in [0.4, 0.5) is 11.4 Å². The number of ketones is 1. The highest BCUT2D eigenvalue weighted by Gasteiger charge is 2.08. The van der Waals surface area contributed by atoms with Gasteiger partial charge in [-0.25, -0.2) is 0 Å². The van der Waals surface area contributed by atoms with Gasteiger partial charge in [0.2, 0.25) is 0 Å². The topological polar surface area (TPSA) is 69.1 Å². The van der Waals surface area contributed by atoms with E-state index in [0.717, 1.165) is 0 Å². The van der Waals surface area contributed by atoms with Gasteiger partial charge in [0.25, 0.3) is 0 Å². The van der Waals surface area contributed by atoms with Crippen molar-refractivity contribution in [1.29, 1.82) is 0 Å². The zero-order chi connectivity index (χ0) is 11.5. The second kappa shape index (κ2) is 6.89. The van der Waals surface area contributed by atoms with E-state index in [9.17, 15) is 4.79 Å². The van der Waals surface area contributed by atoms with Gasteiger partial charge in [0.1, 0.15) is 0 Å². The van der Waals surface area contributed by atoms with Crippen LogP contribution in [0.15, 0.2) is 48.5 Å². The fraction of sp³-hybridized carbons (Fsp3) is 0. The maximum atomic E-state index is 12.0. The van der Waals surface area contributed by atoms with Crippen molar-refractivity contribution in [2.75, 3.05) is 11.5 Å². The number of rotatable bonds is 2. The molecule has 0 fully saturated rings. The molecule has 0 spiro atoms. The van der Waals surface area contributed by atoms with E-state index < -0.39 is 0 Å². The Morgan fingerprint density at radius 1 is 0.778 bits per heavy atom. The van der Waals surface area contributed by atoms with Gasteiger partial charge in [-0.15, -0.1) is 24.8 Å². The van der Waals surface area contributed by atoms with Crippen LogP contribution < -0.4 is 11.5 Å². The van der Waals surface area contributed by atoms with E-state index in [0.29, 0.717) is 22.5 Å². The summed E-state index contributed by atoms with van der Waals surface area (Å²) in [5.41, 5.74) is 13.6. The lowest BCUT2D eigenvalue weighted by molar-refractivity contribution is 0.103. The van der Waals surface area contributed by atoms with Crippen LogP contribution >= 0.6 is 24.8 Å². The molecule has 3 nitrogen and oxygen atoms in total. The van der Waals surface area contributed by atoms with Crippen LogP contribution in [-0.2, 0) is 0 Å². The molecule has 0 heterocycles. The Morgan fingerprint density at radius 2 is 1.17 bits per heavy atom. The van der Waals surface area contributed by atoms with Gasteiger partial charge in [0, 0.05) is 22.5 Å². The number of anilines is 2. The van der Waals surface area contributed by atoms with E-state index in [1.165, 1.54) is 0 Å². The van der Waals surface area contributed by atoms with E-state index in [1.807, 2.05) is 0 Å². The predicted octanol–water partition coefficient (Wildman–Crippen LogP) is 2.93. The number of halogens is 2. The molecule has 0 aliphatic heterocycles. The SMILES string of the molecule is Cl.Cl.Nc1cccc(C(=O)c2cccc(N)c2)c1. The van der Waals surface area contributed by atoms with Crippen molar-refractivity contribution in [3.05, 3.63) is 59.7 Å². The number of nitrogens with two attached hydrogens (primary N) is 2. The number of hydrogen-bond acceptors (Lipinski definition) is 3. The van der Waals surface area contributed by atoms with Crippen molar-refractivity contribution in [2.45, 2.75) is 0 Å². The summed E-state index contributed by atoms with van der Waals surface area (Å²) in [7, 11) is 0. The average molecular weight is 285 g/mol. The van der Waals surface area contributed by atoms with Gasteiger partial charge in [0.15, 0.2) is 5.78 Å². The molecule has 0 unspecified atom stereocenters. The number of benzene rings is 2. The summed E-state index contributed by atoms with van der Waals surface area (Å²) in [6.45, 7) is 0. The summed E-state index contributed by atoms with van der Waals surface area (Å²) in [4.78, 5) is 12.0. The van der Waals surface area contributed by atoms with E-state index >= 15 is 0 Å². The van der Waals surface area contributed by atoms with Crippen molar-refractivity contribution < 1.29 is 4.79 Å². The first-order valence-corrected chi connectivity index (χ1v) is 4.92. The lowest BCUT2D eigenvalue weighted by Crippen LogP contribution is -2.02. The fourth-order valence-corrected chi connectivity index (χ4v) is 1.53. The summed E-state index contributed by atoms with van der Waals surface area (Å²) in [5, 5.41) is 0. The maximum absolute atomic E-state index is 12.0. The van der Waals surface area contributed by atoms with Gasteiger partial charge in [-0.1, -0.05) is 24.3 Å². The predicted molar refractivity (Wildman–Crippen MR) is 79.6 cm³/mol. The maximum Gasteiger partial charge on any atom is 0.193 e. The summed E-state index contributed by atoms with van der Waals surface area (Å²) in [6, 6.07) is 13.8. The Kier molecular flexibility index (Phi) is 6.23. The van der Waals surface area contributed by atoms with Crippen molar-refractivity contribution >= 4 is 42.0 Å². The molecular weight excluding hydrogens is 271 g/mol. The summed E-state index contributed by atoms with van der Waals surface area (Å²) in [6.07, 6.45) is 0. The summed E-state index contributed by atoms with van der Waals surface area (Å²) in [5.74, 6) is -0.0698. The Hall–Kier alpha value is -1.71. The van der Waals surface area contributed by atoms with Crippen LogP contribution in [0.3, 0.4) is 0 Å². The largest absolute Gasteiger partial charge is 0.399 e. The lowest BCUT2D eigenvalue weighted by Gasteiger charge is -2.03. The third-order valence-corrected chi connectivity index (χ3v) is 2.30. The number of carbonyl (C=O) groups is 1. The van der Waals surface area contributed by atoms with Crippen molar-refractivity contribution in [2.24, 2.45) is 0 Å². The molecule has 2 aromatic carbocycles. The monoisotopic (exact) mass is 284 g/mol. The smallest absolute Gasteiger partial charge is 0.193 e. The first-order valence-electron chi connectivity index (χ1n) is 4.92. The highest BCUT2D eigenvalue weighted by atomic mass is 35.5. The molecule has 0 bridgehead atoms. The minimum Gasteiger partial charge on any atom is -0.399 e. The third kappa shape index (κ3) is 3.65. The van der Waals surface area contributed by atoms with Gasteiger partial charge in [-0.05, 0) is 24.3 Å². The molecular formula is C13H14Cl2N2O. The van der Waals surface area contributed by atoms with Crippen LogP contribution in [0.2, 0.25) is 0 Å². The van der Waals surface area contributed by atoms with E-state index in [1.54, 1.807) is 48.5 Å². The van der Waals surface area contributed by atoms with Crippen LogP contribution in [-0.4, -0.2) is 5.78 Å². The molecule has 18 heavy (non-hydrogen) atoms. The summed E-state index contributed by atoms with van der Waals surface area (Å²) < 4.78 is 0. The van der Waals surface area contributed by atoms with E-state index in [-0.39, 0.29) is 30.6 Å². The summed E-state index contributed by atoms with van der Waals surface area (Å²) >= 11 is 0. The van der Waals surface area contributed by atoms with E-state index in [4.69, 9.17) is 11.5 Å². The minimum absolute atomic E-state index is 0. The number of hydrogen-bond donors (Lipinski definition) is 2. The molecule has 0 saturated carbocycles. The standard InChI is InChI=1S/C13H12N2O.2ClH/c14-11-5-1-3-9(7-11)13(16)10-4-2-6-12(15)8-10;;/h1-8H,14-15H2;2*1H. The fourth-order valence-electron chi connectivity index (χ4n) is 1.53. The third-order valence-electron chi connectivity index (χ3n) is 2.30. The highest BCUT2D eigenvalue weighted by molar-refractivity contribution is 6.09. The average Bonchev–Trinajstić information content (AvgIpc) is 2.28. The quantitative estimate of drug-likeness (QED) is 0.658. The van der Waals surface area contributed by atoms with Crippen LogP contribution in [0, 0.1) is 0 Å². The van der Waals surface area contributed by atoms with Crippen LogP contribution in [0.25, 0.3) is 0 Å². The Bertz CT molecular complexity index is 497. The molecule has 0 aliphatic rings. The molecule has 2 aromatic rings. The van der Waals surface area contributed by atoms with Gasteiger partial charge in [-0.2, -0.15) is 0 Å². The van der Waals surface area contributed by atoms with Crippen molar-refractivity contribution in [3.63, 3.8) is 0 Å². The Morgan fingerprint density at radius 3 is 1.50 bits per heavy atom. The molecule has 0 atom stereocenters. The second-order valence-electron chi connectivity index (χ2n) is 3.58. The first-order chi connectivity index (χ1) is 7.66. The minimum atomic E-state index is -0.0698. The molecule has 4 N–H and O–H groups in total. The molecule has 2 rings (SSSR count). The molecule has 0 amide bonds. The van der Waals surface area contributed by atoms with Crippen LogP contribution in [0.5, 0.6) is 0 Å². The van der Waals surface area contributed by atoms with Gasteiger partial charge >= 0.3 is 0 Å². The van der Waals surface area contributed by atoms with Crippen LogP contribution in [0.1, 0.15) is 15.9 Å². The normalized spacial score (nSPS) is 8.89. The van der Waals surface area contributed by atoms with Gasteiger partial charge in [-0.3, -0.25) is 4.79 Å². The Labute approximate surface area is 118 Å². The van der Waals surface area contributed by atoms with Crippen molar-refractivity contribution in [1.82, 2.24) is 0 Å². The second-order valence-corrected chi connectivity index (χ2v) is 3.58. The number of carbonyl (C=O) groups excluding carboxylic acids is 1. The highest BCUT2D eigenvalue weighted by Crippen LogP contribution is 2.14. The first kappa shape index (κ1) is 16.3. The molecule has 0 aliphatic carbocycles. The van der Waals surface area contributed by atoms with Gasteiger partial charge in [0.05, 0.1) is 0 Å². The molecule has 96 valence electrons. The number of nitrogen functional groups attached to an aromatic ring is 2. The molecule has 5 heteroatoms. The molecule has 0 saturated heterocycles. The molecule has 0 radical (unpaired) electrons. The Balaban J connectivity index is 0.00000144. The zero-order valence-electron chi connectivity index (χ0n) is 9.50. The molecule has 0 aromatic heterocycles. The van der Waals surface area contributed by atoms with E-state index in [2.05, 4.69) is 0 Å². The lowest BCUT2D eigenvalue weighted by atomic mass is 10.0.